The Kier molecular flexibility index (Phi) is 6.09. The van der Waals surface area contributed by atoms with Gasteiger partial charge in [-0.25, -0.2) is 4.98 Å². The number of carbonyl (C=O) groups excluding carboxylic acids is 1. The highest BCUT2D eigenvalue weighted by molar-refractivity contribution is 7.99. The van der Waals surface area contributed by atoms with E-state index in [4.69, 9.17) is 0 Å². The summed E-state index contributed by atoms with van der Waals surface area (Å²) in [6.45, 7) is 2.87. The molecule has 1 fully saturated rings. The summed E-state index contributed by atoms with van der Waals surface area (Å²) in [7, 11) is 0. The molecule has 144 valence electrons. The minimum Gasteiger partial charge on any atom is -0.351 e. The van der Waals surface area contributed by atoms with Gasteiger partial charge in [0.1, 0.15) is 0 Å². The van der Waals surface area contributed by atoms with Gasteiger partial charge in [0.05, 0.1) is 5.75 Å². The van der Waals surface area contributed by atoms with Crippen molar-refractivity contribution in [3.63, 3.8) is 0 Å². The number of para-hydroxylation sites is 1. The first-order valence-corrected chi connectivity index (χ1v) is 10.5. The molecule has 6 heteroatoms. The lowest BCUT2D eigenvalue weighted by atomic mass is 10.2. The van der Waals surface area contributed by atoms with Gasteiger partial charge in [0.15, 0.2) is 5.16 Å². The molecule has 0 spiro atoms. The van der Waals surface area contributed by atoms with Gasteiger partial charge in [-0.05, 0) is 24.1 Å². The van der Waals surface area contributed by atoms with E-state index in [-0.39, 0.29) is 11.9 Å². The molecule has 1 atom stereocenters. The van der Waals surface area contributed by atoms with Crippen LogP contribution in [-0.2, 0) is 11.3 Å². The molecule has 4 rings (SSSR count). The van der Waals surface area contributed by atoms with Gasteiger partial charge in [0.2, 0.25) is 5.91 Å². The summed E-state index contributed by atoms with van der Waals surface area (Å²) in [5.74, 6) is 0.443. The minimum absolute atomic E-state index is 0.0687. The number of hydrogen-bond acceptors (Lipinski definition) is 4. The van der Waals surface area contributed by atoms with Crippen LogP contribution in [-0.4, -0.2) is 45.2 Å². The Hall–Kier alpha value is -2.57. The van der Waals surface area contributed by atoms with E-state index < -0.39 is 0 Å². The molecule has 0 saturated carbocycles. The SMILES string of the molecule is O=C(CSc1nccn1-c1ccccc1)N[C@H]1CCN(Cc2ccccc2)C1. The molecule has 0 radical (unpaired) electrons. The fourth-order valence-corrected chi connectivity index (χ4v) is 4.30. The van der Waals surface area contributed by atoms with Crippen LogP contribution < -0.4 is 5.32 Å². The number of nitrogens with one attached hydrogen (secondary N) is 1. The maximum atomic E-state index is 12.4. The number of imidazole rings is 1. The van der Waals surface area contributed by atoms with Gasteiger partial charge in [-0.3, -0.25) is 14.3 Å². The van der Waals surface area contributed by atoms with Crippen LogP contribution in [0.4, 0.5) is 0 Å². The molecular formula is C22H24N4OS. The van der Waals surface area contributed by atoms with E-state index in [1.807, 2.05) is 47.2 Å². The fourth-order valence-electron chi connectivity index (χ4n) is 3.52. The number of rotatable bonds is 7. The smallest absolute Gasteiger partial charge is 0.230 e. The number of nitrogens with zero attached hydrogens (tertiary/aromatic N) is 3. The maximum Gasteiger partial charge on any atom is 0.230 e. The second-order valence-electron chi connectivity index (χ2n) is 6.98. The molecule has 0 unspecified atom stereocenters. The standard InChI is InChI=1S/C22H24N4OS/c27-21(17-28-22-23-12-14-26(22)20-9-5-2-6-10-20)24-19-11-13-25(16-19)15-18-7-3-1-4-8-18/h1-10,12,14,19H,11,13,15-17H2,(H,24,27)/t19-/m0/s1. The number of thioether (sulfide) groups is 1. The summed E-state index contributed by atoms with van der Waals surface area (Å²) < 4.78 is 2.01. The van der Waals surface area contributed by atoms with Crippen LogP contribution in [0.15, 0.2) is 78.2 Å². The van der Waals surface area contributed by atoms with Crippen molar-refractivity contribution in [2.45, 2.75) is 24.2 Å². The lowest BCUT2D eigenvalue weighted by molar-refractivity contribution is -0.119. The highest BCUT2D eigenvalue weighted by Gasteiger charge is 2.24. The average molecular weight is 393 g/mol. The molecule has 28 heavy (non-hydrogen) atoms. The number of hydrogen-bond donors (Lipinski definition) is 1. The van der Waals surface area contributed by atoms with Gasteiger partial charge in [-0.2, -0.15) is 0 Å². The Balaban J connectivity index is 1.25. The zero-order valence-electron chi connectivity index (χ0n) is 15.7. The van der Waals surface area contributed by atoms with Gasteiger partial charge in [0, 0.05) is 43.8 Å². The highest BCUT2D eigenvalue weighted by Crippen LogP contribution is 2.20. The molecule has 1 aromatic heterocycles. The zero-order chi connectivity index (χ0) is 19.2. The molecule has 1 N–H and O–H groups in total. The third-order valence-electron chi connectivity index (χ3n) is 4.86. The summed E-state index contributed by atoms with van der Waals surface area (Å²) in [4.78, 5) is 19.2. The van der Waals surface area contributed by atoms with Crippen LogP contribution in [0.25, 0.3) is 5.69 Å². The normalized spacial score (nSPS) is 16.9. The lowest BCUT2D eigenvalue weighted by Gasteiger charge is -2.16. The van der Waals surface area contributed by atoms with Crippen LogP contribution in [0.5, 0.6) is 0 Å². The maximum absolute atomic E-state index is 12.4. The number of aromatic nitrogens is 2. The first-order valence-electron chi connectivity index (χ1n) is 9.55. The Morgan fingerprint density at radius 3 is 2.64 bits per heavy atom. The van der Waals surface area contributed by atoms with Crippen LogP contribution in [0.3, 0.4) is 0 Å². The van der Waals surface area contributed by atoms with Crippen molar-refractivity contribution in [1.82, 2.24) is 19.8 Å². The van der Waals surface area contributed by atoms with Crippen molar-refractivity contribution in [1.29, 1.82) is 0 Å². The molecule has 3 aromatic rings. The average Bonchev–Trinajstić information content (AvgIpc) is 3.37. The Bertz CT molecular complexity index is 897. The van der Waals surface area contributed by atoms with Gasteiger partial charge < -0.3 is 5.32 Å². The predicted octanol–water partition coefficient (Wildman–Crippen LogP) is 3.36. The van der Waals surface area contributed by atoms with Crippen LogP contribution in [0.1, 0.15) is 12.0 Å². The minimum atomic E-state index is 0.0687. The molecule has 1 saturated heterocycles. The van der Waals surface area contributed by atoms with E-state index in [9.17, 15) is 4.79 Å². The summed E-state index contributed by atoms with van der Waals surface area (Å²) in [6, 6.07) is 20.8. The number of amides is 1. The first-order chi connectivity index (χ1) is 13.8. The highest BCUT2D eigenvalue weighted by atomic mass is 32.2. The Labute approximate surface area is 169 Å². The first kappa shape index (κ1) is 18.8. The Morgan fingerprint density at radius 1 is 1.11 bits per heavy atom. The molecular weight excluding hydrogens is 368 g/mol. The molecule has 2 aromatic carbocycles. The molecule has 1 aliphatic heterocycles. The molecule has 2 heterocycles. The topological polar surface area (TPSA) is 50.2 Å². The molecule has 1 amide bonds. The van der Waals surface area contributed by atoms with Crippen molar-refractivity contribution < 1.29 is 4.79 Å². The van der Waals surface area contributed by atoms with E-state index in [1.165, 1.54) is 17.3 Å². The molecule has 1 aliphatic rings. The lowest BCUT2D eigenvalue weighted by Crippen LogP contribution is -2.38. The quantitative estimate of drug-likeness (QED) is 0.627. The summed E-state index contributed by atoms with van der Waals surface area (Å²) >= 11 is 1.47. The monoisotopic (exact) mass is 392 g/mol. The van der Waals surface area contributed by atoms with Crippen LogP contribution in [0.2, 0.25) is 0 Å². The van der Waals surface area contributed by atoms with Gasteiger partial charge in [-0.1, -0.05) is 60.3 Å². The molecule has 0 aliphatic carbocycles. The second kappa shape index (κ2) is 9.08. The third kappa shape index (κ3) is 4.82. The molecule has 5 nitrogen and oxygen atoms in total. The summed E-state index contributed by atoms with van der Waals surface area (Å²) in [6.07, 6.45) is 4.70. The van der Waals surface area contributed by atoms with Gasteiger partial charge in [-0.15, -0.1) is 0 Å². The third-order valence-corrected chi connectivity index (χ3v) is 5.83. The molecule has 0 bridgehead atoms. The van der Waals surface area contributed by atoms with Crippen molar-refractivity contribution >= 4 is 17.7 Å². The van der Waals surface area contributed by atoms with E-state index in [0.717, 1.165) is 36.9 Å². The second-order valence-corrected chi connectivity index (χ2v) is 7.92. The van der Waals surface area contributed by atoms with Gasteiger partial charge in [0.25, 0.3) is 0 Å². The van der Waals surface area contributed by atoms with E-state index in [1.54, 1.807) is 6.20 Å². The summed E-state index contributed by atoms with van der Waals surface area (Å²) in [5.41, 5.74) is 2.37. The van der Waals surface area contributed by atoms with E-state index in [0.29, 0.717) is 5.75 Å². The number of benzene rings is 2. The van der Waals surface area contributed by atoms with E-state index >= 15 is 0 Å². The van der Waals surface area contributed by atoms with Crippen molar-refractivity contribution in [3.05, 3.63) is 78.6 Å². The van der Waals surface area contributed by atoms with Crippen LogP contribution in [0, 0.1) is 0 Å². The number of likely N-dealkylation sites (tertiary alicyclic amines) is 1. The van der Waals surface area contributed by atoms with Gasteiger partial charge >= 0.3 is 0 Å². The van der Waals surface area contributed by atoms with Crippen molar-refractivity contribution in [2.75, 3.05) is 18.8 Å². The summed E-state index contributed by atoms with van der Waals surface area (Å²) in [5, 5.41) is 4.01. The largest absolute Gasteiger partial charge is 0.351 e. The van der Waals surface area contributed by atoms with E-state index in [2.05, 4.69) is 39.5 Å². The van der Waals surface area contributed by atoms with Crippen LogP contribution >= 0.6 is 11.8 Å². The zero-order valence-corrected chi connectivity index (χ0v) is 16.5. The predicted molar refractivity (Wildman–Crippen MR) is 113 cm³/mol. The Morgan fingerprint density at radius 2 is 1.86 bits per heavy atom. The van der Waals surface area contributed by atoms with Crippen molar-refractivity contribution in [3.8, 4) is 5.69 Å². The van der Waals surface area contributed by atoms with Crippen molar-refractivity contribution in [2.24, 2.45) is 0 Å². The number of carbonyl (C=O) groups is 1. The fraction of sp³-hybridized carbons (Fsp3) is 0.273.